The van der Waals surface area contributed by atoms with Crippen molar-refractivity contribution in [3.05, 3.63) is 65.7 Å². The van der Waals surface area contributed by atoms with Gasteiger partial charge in [-0.05, 0) is 68.0 Å². The molecule has 0 amide bonds. The molecule has 1 aliphatic heterocycles. The third-order valence-electron chi connectivity index (χ3n) is 4.43. The number of piperidine rings is 1. The van der Waals surface area contributed by atoms with Gasteiger partial charge in [-0.25, -0.2) is 0 Å². The second-order valence-corrected chi connectivity index (χ2v) is 6.14. The monoisotopic (exact) mass is 331 g/mol. The Morgan fingerprint density at radius 3 is 2.22 bits per heavy atom. The van der Waals surface area contributed by atoms with Gasteiger partial charge < -0.3 is 10.1 Å². The van der Waals surface area contributed by atoms with E-state index in [2.05, 4.69) is 59.9 Å². The lowest BCUT2D eigenvalue weighted by atomic mass is 9.95. The second-order valence-electron chi connectivity index (χ2n) is 6.14. The zero-order chi connectivity index (χ0) is 15.0. The van der Waals surface area contributed by atoms with Crippen molar-refractivity contribution in [1.29, 1.82) is 0 Å². The summed E-state index contributed by atoms with van der Waals surface area (Å²) in [5.41, 5.74) is 2.68. The Labute approximate surface area is 145 Å². The minimum atomic E-state index is 0. The smallest absolute Gasteiger partial charge is 0.119 e. The molecular formula is C20H26ClNO. The standard InChI is InChI=1S/C20H25NO.ClH/c1-2-4-18(5-3-1)16-19-6-8-20(9-7-19)22-15-12-17-10-13-21-14-11-17;/h1-9,17,21H,10-16H2;1H. The molecule has 0 aliphatic carbocycles. The third kappa shape index (κ3) is 5.89. The molecule has 1 aliphatic rings. The summed E-state index contributed by atoms with van der Waals surface area (Å²) in [5.74, 6) is 1.82. The maximum atomic E-state index is 5.89. The lowest BCUT2D eigenvalue weighted by Gasteiger charge is -2.22. The Morgan fingerprint density at radius 1 is 0.870 bits per heavy atom. The topological polar surface area (TPSA) is 21.3 Å². The van der Waals surface area contributed by atoms with E-state index in [9.17, 15) is 0 Å². The van der Waals surface area contributed by atoms with Crippen LogP contribution in [0.4, 0.5) is 0 Å². The number of benzene rings is 2. The lowest BCUT2D eigenvalue weighted by Crippen LogP contribution is -2.28. The van der Waals surface area contributed by atoms with Gasteiger partial charge in [-0.15, -0.1) is 12.4 Å². The van der Waals surface area contributed by atoms with E-state index in [0.717, 1.165) is 24.7 Å². The maximum absolute atomic E-state index is 5.89. The van der Waals surface area contributed by atoms with Gasteiger partial charge >= 0.3 is 0 Å². The van der Waals surface area contributed by atoms with Crippen LogP contribution in [0.1, 0.15) is 30.4 Å². The van der Waals surface area contributed by atoms with Gasteiger partial charge in [0.1, 0.15) is 5.75 Å². The second kappa shape index (κ2) is 9.59. The molecule has 0 spiro atoms. The maximum Gasteiger partial charge on any atom is 0.119 e. The number of halogens is 1. The van der Waals surface area contributed by atoms with E-state index in [1.807, 2.05) is 0 Å². The molecule has 1 N–H and O–H groups in total. The van der Waals surface area contributed by atoms with Crippen molar-refractivity contribution >= 4 is 12.4 Å². The molecule has 3 rings (SSSR count). The number of hydrogen-bond acceptors (Lipinski definition) is 2. The van der Waals surface area contributed by atoms with Gasteiger partial charge in [-0.1, -0.05) is 42.5 Å². The van der Waals surface area contributed by atoms with Gasteiger partial charge in [-0.3, -0.25) is 0 Å². The minimum Gasteiger partial charge on any atom is -0.494 e. The SMILES string of the molecule is Cl.c1ccc(Cc2ccc(OCCC3CCNCC3)cc2)cc1. The molecule has 2 aromatic carbocycles. The summed E-state index contributed by atoms with van der Waals surface area (Å²) in [5, 5.41) is 3.41. The van der Waals surface area contributed by atoms with Crippen LogP contribution in [-0.4, -0.2) is 19.7 Å². The molecule has 1 saturated heterocycles. The number of nitrogens with one attached hydrogen (secondary N) is 1. The van der Waals surface area contributed by atoms with E-state index in [1.165, 1.54) is 43.5 Å². The molecule has 1 fully saturated rings. The summed E-state index contributed by atoms with van der Waals surface area (Å²) in [4.78, 5) is 0. The van der Waals surface area contributed by atoms with Crippen LogP contribution >= 0.6 is 12.4 Å². The van der Waals surface area contributed by atoms with Gasteiger partial charge in [0, 0.05) is 0 Å². The number of ether oxygens (including phenoxy) is 1. The van der Waals surface area contributed by atoms with E-state index in [1.54, 1.807) is 0 Å². The van der Waals surface area contributed by atoms with Crippen LogP contribution in [0.5, 0.6) is 5.75 Å². The summed E-state index contributed by atoms with van der Waals surface area (Å²) in [7, 11) is 0. The molecule has 3 heteroatoms. The predicted octanol–water partition coefficient (Wildman–Crippen LogP) is 4.47. The highest BCUT2D eigenvalue weighted by Crippen LogP contribution is 2.18. The molecule has 0 unspecified atom stereocenters. The Morgan fingerprint density at radius 2 is 1.52 bits per heavy atom. The van der Waals surface area contributed by atoms with Crippen LogP contribution in [0, 0.1) is 5.92 Å². The summed E-state index contributed by atoms with van der Waals surface area (Å²) in [6.45, 7) is 3.17. The number of rotatable bonds is 6. The predicted molar refractivity (Wildman–Crippen MR) is 98.6 cm³/mol. The highest BCUT2D eigenvalue weighted by molar-refractivity contribution is 5.85. The fourth-order valence-corrected chi connectivity index (χ4v) is 3.05. The minimum absolute atomic E-state index is 0. The van der Waals surface area contributed by atoms with Crippen molar-refractivity contribution in [2.45, 2.75) is 25.7 Å². The van der Waals surface area contributed by atoms with Crippen LogP contribution in [0.3, 0.4) is 0 Å². The quantitative estimate of drug-likeness (QED) is 0.843. The van der Waals surface area contributed by atoms with Gasteiger partial charge in [0.2, 0.25) is 0 Å². The first-order chi connectivity index (χ1) is 10.9. The van der Waals surface area contributed by atoms with Crippen molar-refractivity contribution in [3.63, 3.8) is 0 Å². The molecule has 23 heavy (non-hydrogen) atoms. The van der Waals surface area contributed by atoms with Crippen LogP contribution < -0.4 is 10.1 Å². The van der Waals surface area contributed by atoms with Crippen molar-refractivity contribution in [2.24, 2.45) is 5.92 Å². The van der Waals surface area contributed by atoms with Crippen LogP contribution in [0.15, 0.2) is 54.6 Å². The first-order valence-corrected chi connectivity index (χ1v) is 8.36. The van der Waals surface area contributed by atoms with Crippen LogP contribution in [0.25, 0.3) is 0 Å². The molecule has 2 aromatic rings. The normalized spacial score (nSPS) is 15.0. The van der Waals surface area contributed by atoms with Crippen molar-refractivity contribution in [1.82, 2.24) is 5.32 Å². The molecular weight excluding hydrogens is 306 g/mol. The first-order valence-electron chi connectivity index (χ1n) is 8.36. The zero-order valence-corrected chi connectivity index (χ0v) is 14.4. The highest BCUT2D eigenvalue weighted by atomic mass is 35.5. The fourth-order valence-electron chi connectivity index (χ4n) is 3.05. The molecule has 0 aromatic heterocycles. The van der Waals surface area contributed by atoms with Gasteiger partial charge in [-0.2, -0.15) is 0 Å². The van der Waals surface area contributed by atoms with Crippen molar-refractivity contribution in [2.75, 3.05) is 19.7 Å². The summed E-state index contributed by atoms with van der Waals surface area (Å²) in [6, 6.07) is 19.1. The Hall–Kier alpha value is -1.51. The van der Waals surface area contributed by atoms with Gasteiger partial charge in [0.15, 0.2) is 0 Å². The van der Waals surface area contributed by atoms with Crippen LogP contribution in [-0.2, 0) is 6.42 Å². The molecule has 124 valence electrons. The van der Waals surface area contributed by atoms with Crippen LogP contribution in [0.2, 0.25) is 0 Å². The van der Waals surface area contributed by atoms with E-state index < -0.39 is 0 Å². The lowest BCUT2D eigenvalue weighted by molar-refractivity contribution is 0.252. The number of hydrogen-bond donors (Lipinski definition) is 1. The average molecular weight is 332 g/mol. The Kier molecular flexibility index (Phi) is 7.44. The van der Waals surface area contributed by atoms with E-state index in [-0.39, 0.29) is 12.4 Å². The van der Waals surface area contributed by atoms with Gasteiger partial charge in [0.25, 0.3) is 0 Å². The Bertz CT molecular complexity index is 550. The molecule has 2 nitrogen and oxygen atoms in total. The highest BCUT2D eigenvalue weighted by Gasteiger charge is 2.12. The Balaban J connectivity index is 0.00000192. The largest absolute Gasteiger partial charge is 0.494 e. The molecule has 0 atom stereocenters. The van der Waals surface area contributed by atoms with E-state index in [0.29, 0.717) is 0 Å². The molecule has 0 radical (unpaired) electrons. The first kappa shape index (κ1) is 17.8. The van der Waals surface area contributed by atoms with Crippen molar-refractivity contribution < 1.29 is 4.74 Å². The van der Waals surface area contributed by atoms with E-state index in [4.69, 9.17) is 4.74 Å². The van der Waals surface area contributed by atoms with E-state index >= 15 is 0 Å². The molecule has 0 bridgehead atoms. The zero-order valence-electron chi connectivity index (χ0n) is 13.5. The van der Waals surface area contributed by atoms with Gasteiger partial charge in [0.05, 0.1) is 6.61 Å². The molecule has 0 saturated carbocycles. The van der Waals surface area contributed by atoms with Crippen molar-refractivity contribution in [3.8, 4) is 5.75 Å². The summed E-state index contributed by atoms with van der Waals surface area (Å²) >= 11 is 0. The third-order valence-corrected chi connectivity index (χ3v) is 4.43. The molecule has 1 heterocycles. The fraction of sp³-hybridized carbons (Fsp3) is 0.400. The summed E-state index contributed by atoms with van der Waals surface area (Å²) < 4.78 is 5.89. The average Bonchev–Trinajstić information content (AvgIpc) is 2.58. The summed E-state index contributed by atoms with van der Waals surface area (Å²) in [6.07, 6.45) is 4.74.